The Hall–Kier alpha value is -3.73. The normalized spacial score (nSPS) is 10.8. The first kappa shape index (κ1) is 22.5. The molecule has 0 bridgehead atoms. The lowest BCUT2D eigenvalue weighted by Crippen LogP contribution is -2.01. The largest absolute Gasteiger partial charge is 0.494 e. The maximum Gasteiger partial charge on any atom is 0.207 e. The minimum Gasteiger partial charge on any atom is -0.494 e. The summed E-state index contributed by atoms with van der Waals surface area (Å²) in [5.41, 5.74) is 2.91. The lowest BCUT2D eigenvalue weighted by molar-refractivity contribution is 0.293. The van der Waals surface area contributed by atoms with E-state index in [-0.39, 0.29) is 11.5 Å². The van der Waals surface area contributed by atoms with E-state index in [0.29, 0.717) is 18.1 Å². The lowest BCUT2D eigenvalue weighted by atomic mass is 10.1. The molecule has 0 aliphatic heterocycles. The van der Waals surface area contributed by atoms with Crippen LogP contribution in [0, 0.1) is 11.9 Å². The van der Waals surface area contributed by atoms with Crippen LogP contribution in [-0.4, -0.2) is 18.3 Å². The van der Waals surface area contributed by atoms with Gasteiger partial charge in [-0.15, -0.1) is 0 Å². The highest BCUT2D eigenvalue weighted by Crippen LogP contribution is 2.42. The number of benzene rings is 3. The molecular formula is C28H27FNO3. The maximum absolute atomic E-state index is 14.9. The number of aromatic nitrogens is 1. The molecule has 1 radical (unpaired) electrons. The fraction of sp³-hybridized carbons (Fsp3) is 0.214. The van der Waals surface area contributed by atoms with Crippen LogP contribution in [0.3, 0.4) is 0 Å². The molecule has 0 spiro atoms. The SMILES string of the molecule is CCCCOc1c[c]cc(-c2ccn(Cc3ccccc3)c2)c1Oc1cccc(OC)c1F. The van der Waals surface area contributed by atoms with Gasteiger partial charge in [-0.2, -0.15) is 4.39 Å². The molecule has 0 aliphatic rings. The molecular weight excluding hydrogens is 417 g/mol. The van der Waals surface area contributed by atoms with E-state index in [0.717, 1.165) is 30.5 Å². The standard InChI is InChI=1S/C28H27FNO3/c1-3-4-18-32-26-15-8-12-23(28(26)33-25-14-9-13-24(31-2)27(25)29)22-16-17-30(20-22)19-21-10-6-5-7-11-21/h5-7,9-17,20H,3-4,18-19H2,1-2H3. The molecule has 4 rings (SSSR count). The van der Waals surface area contributed by atoms with Crippen molar-refractivity contribution in [1.82, 2.24) is 4.57 Å². The summed E-state index contributed by atoms with van der Waals surface area (Å²) in [5, 5.41) is 0. The van der Waals surface area contributed by atoms with Crippen molar-refractivity contribution in [3.8, 4) is 34.1 Å². The first-order valence-corrected chi connectivity index (χ1v) is 11.1. The Kier molecular flexibility index (Phi) is 7.30. The zero-order valence-electron chi connectivity index (χ0n) is 18.9. The summed E-state index contributed by atoms with van der Waals surface area (Å²) in [6.45, 7) is 3.39. The minimum absolute atomic E-state index is 0.0749. The lowest BCUT2D eigenvalue weighted by Gasteiger charge is -2.17. The third-order valence-corrected chi connectivity index (χ3v) is 5.30. The molecule has 0 saturated carbocycles. The summed E-state index contributed by atoms with van der Waals surface area (Å²) in [5.74, 6) is 0.623. The zero-order chi connectivity index (χ0) is 23.0. The van der Waals surface area contributed by atoms with E-state index in [1.807, 2.05) is 42.7 Å². The number of methoxy groups -OCH3 is 1. The Balaban J connectivity index is 1.70. The molecule has 33 heavy (non-hydrogen) atoms. The molecule has 169 valence electrons. The number of unbranched alkanes of at least 4 members (excludes halogenated alkanes) is 1. The summed E-state index contributed by atoms with van der Waals surface area (Å²) in [7, 11) is 1.43. The van der Waals surface area contributed by atoms with E-state index in [9.17, 15) is 4.39 Å². The quantitative estimate of drug-likeness (QED) is 0.244. The molecule has 0 atom stereocenters. The molecule has 0 N–H and O–H groups in total. The van der Waals surface area contributed by atoms with Crippen LogP contribution in [0.2, 0.25) is 0 Å². The van der Waals surface area contributed by atoms with E-state index < -0.39 is 5.82 Å². The van der Waals surface area contributed by atoms with Crippen LogP contribution in [-0.2, 0) is 6.54 Å². The topological polar surface area (TPSA) is 32.6 Å². The van der Waals surface area contributed by atoms with Gasteiger partial charge in [-0.3, -0.25) is 0 Å². The molecule has 3 aromatic carbocycles. The average molecular weight is 445 g/mol. The van der Waals surface area contributed by atoms with Crippen LogP contribution in [0.15, 0.2) is 79.1 Å². The third-order valence-electron chi connectivity index (χ3n) is 5.30. The van der Waals surface area contributed by atoms with Crippen LogP contribution >= 0.6 is 0 Å². The van der Waals surface area contributed by atoms with Crippen LogP contribution in [0.4, 0.5) is 4.39 Å². The first-order valence-electron chi connectivity index (χ1n) is 11.1. The second kappa shape index (κ2) is 10.7. The molecule has 5 heteroatoms. The molecule has 4 aromatic rings. The van der Waals surface area contributed by atoms with Gasteiger partial charge >= 0.3 is 0 Å². The molecule has 0 unspecified atom stereocenters. The monoisotopic (exact) mass is 444 g/mol. The highest BCUT2D eigenvalue weighted by Gasteiger charge is 2.18. The predicted octanol–water partition coefficient (Wildman–Crippen LogP) is 7.12. The average Bonchev–Trinajstić information content (AvgIpc) is 3.30. The van der Waals surface area contributed by atoms with E-state index in [4.69, 9.17) is 14.2 Å². The Bertz CT molecular complexity index is 1190. The van der Waals surface area contributed by atoms with E-state index in [1.54, 1.807) is 24.3 Å². The van der Waals surface area contributed by atoms with E-state index >= 15 is 0 Å². The molecule has 4 nitrogen and oxygen atoms in total. The van der Waals surface area contributed by atoms with E-state index in [1.165, 1.54) is 12.7 Å². The number of rotatable bonds is 10. The summed E-state index contributed by atoms with van der Waals surface area (Å²) in [4.78, 5) is 0. The van der Waals surface area contributed by atoms with Crippen molar-refractivity contribution in [3.05, 3.63) is 96.6 Å². The van der Waals surface area contributed by atoms with Crippen LogP contribution < -0.4 is 14.2 Å². The van der Waals surface area contributed by atoms with Crippen molar-refractivity contribution in [2.45, 2.75) is 26.3 Å². The second-order valence-electron chi connectivity index (χ2n) is 7.70. The smallest absolute Gasteiger partial charge is 0.207 e. The van der Waals surface area contributed by atoms with Crippen LogP contribution in [0.25, 0.3) is 11.1 Å². The third kappa shape index (κ3) is 5.37. The van der Waals surface area contributed by atoms with Crippen LogP contribution in [0.5, 0.6) is 23.0 Å². The zero-order valence-corrected chi connectivity index (χ0v) is 18.9. The van der Waals surface area contributed by atoms with Gasteiger partial charge in [0.15, 0.2) is 23.0 Å². The highest BCUT2D eigenvalue weighted by atomic mass is 19.1. The number of nitrogens with zero attached hydrogens (tertiary/aromatic N) is 1. The van der Waals surface area contributed by atoms with Gasteiger partial charge in [0.2, 0.25) is 5.82 Å². The van der Waals surface area contributed by atoms with Gasteiger partial charge in [-0.1, -0.05) is 49.7 Å². The molecule has 1 heterocycles. The molecule has 1 aromatic heterocycles. The Labute approximate surface area is 194 Å². The van der Waals surface area contributed by atoms with Gasteiger partial charge in [0.05, 0.1) is 13.7 Å². The summed E-state index contributed by atoms with van der Waals surface area (Å²) < 4.78 is 34.2. The fourth-order valence-corrected chi connectivity index (χ4v) is 3.55. The van der Waals surface area contributed by atoms with Gasteiger partial charge < -0.3 is 18.8 Å². The van der Waals surface area contributed by atoms with Crippen molar-refractivity contribution in [1.29, 1.82) is 0 Å². The maximum atomic E-state index is 14.9. The molecule has 0 fully saturated rings. The number of ether oxygens (including phenoxy) is 3. The van der Waals surface area contributed by atoms with E-state index in [2.05, 4.69) is 29.7 Å². The number of halogens is 1. The highest BCUT2D eigenvalue weighted by molar-refractivity contribution is 5.74. The minimum atomic E-state index is -0.556. The van der Waals surface area contributed by atoms with Gasteiger partial charge in [0.25, 0.3) is 0 Å². The van der Waals surface area contributed by atoms with Crippen molar-refractivity contribution in [3.63, 3.8) is 0 Å². The first-order chi connectivity index (χ1) is 16.2. The van der Waals surface area contributed by atoms with Crippen molar-refractivity contribution in [2.24, 2.45) is 0 Å². The Morgan fingerprint density at radius 3 is 2.55 bits per heavy atom. The van der Waals surface area contributed by atoms with Gasteiger partial charge in [-0.25, -0.2) is 0 Å². The van der Waals surface area contributed by atoms with Crippen molar-refractivity contribution in [2.75, 3.05) is 13.7 Å². The second-order valence-corrected chi connectivity index (χ2v) is 7.70. The van der Waals surface area contributed by atoms with Crippen LogP contribution in [0.1, 0.15) is 25.3 Å². The summed E-state index contributed by atoms with van der Waals surface area (Å²) in [6.07, 6.45) is 5.97. The summed E-state index contributed by atoms with van der Waals surface area (Å²) >= 11 is 0. The van der Waals surface area contributed by atoms with Crippen molar-refractivity contribution < 1.29 is 18.6 Å². The Morgan fingerprint density at radius 2 is 1.76 bits per heavy atom. The molecule has 0 aliphatic carbocycles. The van der Waals surface area contributed by atoms with Gasteiger partial charge in [0, 0.05) is 30.1 Å². The number of hydrogen-bond acceptors (Lipinski definition) is 3. The molecule has 0 amide bonds. The predicted molar refractivity (Wildman–Crippen MR) is 128 cm³/mol. The fourth-order valence-electron chi connectivity index (χ4n) is 3.55. The van der Waals surface area contributed by atoms with Gasteiger partial charge in [0.1, 0.15) is 0 Å². The summed E-state index contributed by atoms with van der Waals surface area (Å²) in [6, 6.07) is 23.8. The van der Waals surface area contributed by atoms with Crippen molar-refractivity contribution >= 4 is 0 Å². The van der Waals surface area contributed by atoms with Gasteiger partial charge in [-0.05, 0) is 48.4 Å². The Morgan fingerprint density at radius 1 is 0.939 bits per heavy atom. The number of hydrogen-bond donors (Lipinski definition) is 0. The molecule has 0 saturated heterocycles.